The van der Waals surface area contributed by atoms with E-state index in [1.54, 1.807) is 12.1 Å². The minimum Gasteiger partial charge on any atom is -0.347 e. The Kier molecular flexibility index (Phi) is 4.53. The Morgan fingerprint density at radius 1 is 1.19 bits per heavy atom. The first kappa shape index (κ1) is 17.2. The summed E-state index contributed by atoms with van der Waals surface area (Å²) in [5, 5.41) is 3.22. The number of rotatable bonds is 4. The molecule has 136 valence electrons. The molecule has 2 aromatic rings. The van der Waals surface area contributed by atoms with Crippen molar-refractivity contribution in [2.45, 2.75) is 31.8 Å². The normalized spacial score (nSPS) is 28.1. The summed E-state index contributed by atoms with van der Waals surface area (Å²) in [4.78, 5) is 15.1. The third kappa shape index (κ3) is 3.38. The molecule has 1 saturated heterocycles. The monoisotopic (exact) mass is 352 g/mol. The maximum atomic E-state index is 13.4. The van der Waals surface area contributed by atoms with Crippen LogP contribution in [0.5, 0.6) is 0 Å². The topological polar surface area (TPSA) is 32.3 Å². The molecule has 0 radical (unpaired) electrons. The second kappa shape index (κ2) is 6.84. The average Bonchev–Trinajstić information content (AvgIpc) is 3.16. The molecular formula is C22H25FN2O. The van der Waals surface area contributed by atoms with Gasteiger partial charge in [-0.25, -0.2) is 4.39 Å². The van der Waals surface area contributed by atoms with Crippen LogP contribution in [0.4, 0.5) is 4.39 Å². The Balaban J connectivity index is 1.43. The Hall–Kier alpha value is -2.20. The van der Waals surface area contributed by atoms with Crippen molar-refractivity contribution >= 4 is 5.91 Å². The minimum atomic E-state index is -0.373. The van der Waals surface area contributed by atoms with Crippen LogP contribution < -0.4 is 5.32 Å². The Labute approximate surface area is 154 Å². The highest BCUT2D eigenvalue weighted by molar-refractivity contribution is 5.94. The molecule has 2 fully saturated rings. The predicted molar refractivity (Wildman–Crippen MR) is 100 cm³/mol. The first-order valence-corrected chi connectivity index (χ1v) is 9.38. The highest BCUT2D eigenvalue weighted by Crippen LogP contribution is 2.45. The largest absolute Gasteiger partial charge is 0.347 e. The van der Waals surface area contributed by atoms with Crippen molar-refractivity contribution in [1.29, 1.82) is 0 Å². The number of benzene rings is 2. The van der Waals surface area contributed by atoms with Crippen molar-refractivity contribution in [2.24, 2.45) is 11.8 Å². The molecule has 2 aliphatic rings. The second-order valence-corrected chi connectivity index (χ2v) is 7.97. The van der Waals surface area contributed by atoms with Gasteiger partial charge >= 0.3 is 0 Å². The van der Waals surface area contributed by atoms with E-state index in [9.17, 15) is 9.18 Å². The van der Waals surface area contributed by atoms with Gasteiger partial charge in [0.2, 0.25) is 0 Å². The van der Waals surface area contributed by atoms with E-state index in [-0.39, 0.29) is 17.3 Å². The SMILES string of the molecule is CC1(NC(=O)c2cccc(F)c2)CCC2CN(Cc3ccccc3)CC21. The van der Waals surface area contributed by atoms with Crippen molar-refractivity contribution < 1.29 is 9.18 Å². The highest BCUT2D eigenvalue weighted by Gasteiger charge is 2.50. The van der Waals surface area contributed by atoms with Crippen LogP contribution in [0.3, 0.4) is 0 Å². The lowest BCUT2D eigenvalue weighted by Gasteiger charge is -2.33. The standard InChI is InChI=1S/C22H25FN2O/c1-22(24-21(26)17-8-5-9-19(23)12-17)11-10-18-14-25(15-20(18)22)13-16-6-3-2-4-7-16/h2-9,12,18,20H,10-11,13-15H2,1H3,(H,24,26). The molecule has 3 atom stereocenters. The summed E-state index contributed by atoms with van der Waals surface area (Å²) in [6, 6.07) is 16.5. The van der Waals surface area contributed by atoms with Crippen LogP contribution in [0.25, 0.3) is 0 Å². The summed E-state index contributed by atoms with van der Waals surface area (Å²) in [6.07, 6.45) is 2.12. The fourth-order valence-electron chi connectivity index (χ4n) is 4.73. The second-order valence-electron chi connectivity index (χ2n) is 7.97. The fraction of sp³-hybridized carbons (Fsp3) is 0.409. The number of nitrogens with zero attached hydrogens (tertiary/aromatic N) is 1. The summed E-state index contributed by atoms with van der Waals surface area (Å²) in [7, 11) is 0. The highest BCUT2D eigenvalue weighted by atomic mass is 19.1. The number of hydrogen-bond acceptors (Lipinski definition) is 2. The minimum absolute atomic E-state index is 0.172. The maximum Gasteiger partial charge on any atom is 0.251 e. The van der Waals surface area contributed by atoms with Gasteiger partial charge in [-0.1, -0.05) is 36.4 Å². The van der Waals surface area contributed by atoms with Gasteiger partial charge in [0.05, 0.1) is 0 Å². The van der Waals surface area contributed by atoms with E-state index >= 15 is 0 Å². The van der Waals surface area contributed by atoms with E-state index in [4.69, 9.17) is 0 Å². The van der Waals surface area contributed by atoms with Gasteiger partial charge in [-0.15, -0.1) is 0 Å². The lowest BCUT2D eigenvalue weighted by Crippen LogP contribution is -2.50. The van der Waals surface area contributed by atoms with Gasteiger partial charge in [-0.05, 0) is 55.4 Å². The number of fused-ring (bicyclic) bond motifs is 1. The summed E-state index contributed by atoms with van der Waals surface area (Å²) in [5.41, 5.74) is 1.51. The van der Waals surface area contributed by atoms with Crippen LogP contribution in [0.2, 0.25) is 0 Å². The van der Waals surface area contributed by atoms with E-state index in [0.717, 1.165) is 32.5 Å². The molecule has 4 heteroatoms. The van der Waals surface area contributed by atoms with Crippen LogP contribution in [-0.4, -0.2) is 29.4 Å². The number of likely N-dealkylation sites (tertiary alicyclic amines) is 1. The van der Waals surface area contributed by atoms with E-state index in [2.05, 4.69) is 41.4 Å². The summed E-state index contributed by atoms with van der Waals surface area (Å²) < 4.78 is 13.4. The quantitative estimate of drug-likeness (QED) is 0.906. The maximum absolute atomic E-state index is 13.4. The van der Waals surface area contributed by atoms with E-state index < -0.39 is 0 Å². The van der Waals surface area contributed by atoms with Crippen LogP contribution >= 0.6 is 0 Å². The van der Waals surface area contributed by atoms with Crippen LogP contribution in [0, 0.1) is 17.7 Å². The molecule has 1 amide bonds. The molecule has 1 aliphatic heterocycles. The molecule has 3 unspecified atom stereocenters. The molecular weight excluding hydrogens is 327 g/mol. The zero-order valence-electron chi connectivity index (χ0n) is 15.1. The van der Waals surface area contributed by atoms with E-state index in [1.165, 1.54) is 17.7 Å². The third-order valence-electron chi connectivity index (χ3n) is 6.10. The number of carbonyl (C=O) groups excluding carboxylic acids is 1. The molecule has 0 spiro atoms. The zero-order chi connectivity index (χ0) is 18.1. The summed E-state index contributed by atoms with van der Waals surface area (Å²) >= 11 is 0. The van der Waals surface area contributed by atoms with Gasteiger partial charge in [-0.3, -0.25) is 9.69 Å². The van der Waals surface area contributed by atoms with Crippen molar-refractivity contribution in [2.75, 3.05) is 13.1 Å². The smallest absolute Gasteiger partial charge is 0.251 e. The number of nitrogens with one attached hydrogen (secondary N) is 1. The number of halogens is 1. The first-order valence-electron chi connectivity index (χ1n) is 9.38. The summed E-state index contributed by atoms with van der Waals surface area (Å²) in [5.74, 6) is 0.524. The third-order valence-corrected chi connectivity index (χ3v) is 6.10. The van der Waals surface area contributed by atoms with Crippen molar-refractivity contribution in [3.05, 3.63) is 71.5 Å². The molecule has 1 N–H and O–H groups in total. The van der Waals surface area contributed by atoms with Crippen LogP contribution in [-0.2, 0) is 6.54 Å². The molecule has 1 heterocycles. The predicted octanol–water partition coefficient (Wildman–Crippen LogP) is 3.86. The molecule has 2 aromatic carbocycles. The van der Waals surface area contributed by atoms with Gasteiger partial charge < -0.3 is 5.32 Å². The van der Waals surface area contributed by atoms with Crippen molar-refractivity contribution in [1.82, 2.24) is 10.2 Å². The Bertz CT molecular complexity index is 794. The Morgan fingerprint density at radius 3 is 2.77 bits per heavy atom. The average molecular weight is 352 g/mol. The van der Waals surface area contributed by atoms with Crippen LogP contribution in [0.1, 0.15) is 35.7 Å². The van der Waals surface area contributed by atoms with Gasteiger partial charge in [0.15, 0.2) is 0 Å². The number of hydrogen-bond donors (Lipinski definition) is 1. The van der Waals surface area contributed by atoms with Crippen molar-refractivity contribution in [3.8, 4) is 0 Å². The number of amides is 1. The van der Waals surface area contributed by atoms with E-state index in [0.29, 0.717) is 17.4 Å². The molecule has 0 aromatic heterocycles. The number of carbonyl (C=O) groups is 1. The van der Waals surface area contributed by atoms with Gasteiger partial charge in [-0.2, -0.15) is 0 Å². The molecule has 26 heavy (non-hydrogen) atoms. The molecule has 0 bridgehead atoms. The Morgan fingerprint density at radius 2 is 2.00 bits per heavy atom. The van der Waals surface area contributed by atoms with E-state index in [1.807, 2.05) is 6.07 Å². The molecule has 4 rings (SSSR count). The van der Waals surface area contributed by atoms with Gasteiger partial charge in [0.1, 0.15) is 5.82 Å². The lowest BCUT2D eigenvalue weighted by atomic mass is 9.86. The first-order chi connectivity index (χ1) is 12.5. The van der Waals surface area contributed by atoms with Gasteiger partial charge in [0.25, 0.3) is 5.91 Å². The fourth-order valence-corrected chi connectivity index (χ4v) is 4.73. The van der Waals surface area contributed by atoms with Crippen molar-refractivity contribution in [3.63, 3.8) is 0 Å². The summed E-state index contributed by atoms with van der Waals surface area (Å²) in [6.45, 7) is 5.20. The van der Waals surface area contributed by atoms with Crippen LogP contribution in [0.15, 0.2) is 54.6 Å². The zero-order valence-corrected chi connectivity index (χ0v) is 15.1. The molecule has 3 nitrogen and oxygen atoms in total. The molecule has 1 aliphatic carbocycles. The van der Waals surface area contributed by atoms with Gasteiger partial charge in [0, 0.05) is 30.7 Å². The molecule has 1 saturated carbocycles. The lowest BCUT2D eigenvalue weighted by molar-refractivity contribution is 0.0877.